The molecule has 10 nitrogen and oxygen atoms in total. The van der Waals surface area contributed by atoms with Gasteiger partial charge in [0.1, 0.15) is 23.2 Å². The number of carbonyl (C=O) groups excluding carboxylic acids is 1. The number of amides is 1. The molecule has 0 bridgehead atoms. The molecule has 0 saturated carbocycles. The molecule has 4 heterocycles. The average molecular weight is 570 g/mol. The number of ether oxygens (including phenoxy) is 2. The minimum absolute atomic E-state index is 0.00844. The number of hydrogen-bond acceptors (Lipinski definition) is 9. The van der Waals surface area contributed by atoms with Crippen molar-refractivity contribution in [3.05, 3.63) is 59.9 Å². The number of sulfonamides is 1. The third-order valence-electron chi connectivity index (χ3n) is 7.05. The fourth-order valence-electron chi connectivity index (χ4n) is 5.13. The van der Waals surface area contributed by atoms with E-state index in [2.05, 4.69) is 9.71 Å². The van der Waals surface area contributed by atoms with E-state index in [1.54, 1.807) is 12.1 Å². The zero-order chi connectivity index (χ0) is 28.5. The monoisotopic (exact) mass is 569 g/mol. The molecule has 2 aliphatic heterocycles. The Bertz CT molecular complexity index is 1520. The maximum atomic E-state index is 14.6. The molecule has 2 fully saturated rings. The molecule has 3 N–H and O–H groups in total. The van der Waals surface area contributed by atoms with E-state index in [1.165, 1.54) is 36.4 Å². The van der Waals surface area contributed by atoms with Crippen LogP contribution < -0.4 is 20.1 Å². The molecule has 2 aromatic heterocycles. The number of pyridine rings is 2. The largest absolute Gasteiger partial charge is 0.493 e. The summed E-state index contributed by atoms with van der Waals surface area (Å²) >= 11 is 0. The first-order valence-electron chi connectivity index (χ1n) is 13.2. The van der Waals surface area contributed by atoms with Gasteiger partial charge >= 0.3 is 0 Å². The fourth-order valence-corrected chi connectivity index (χ4v) is 6.08. The zero-order valence-electron chi connectivity index (χ0n) is 22.4. The summed E-state index contributed by atoms with van der Waals surface area (Å²) < 4.78 is 54.1. The summed E-state index contributed by atoms with van der Waals surface area (Å²) in [5.74, 6) is -0.398. The Morgan fingerprint density at radius 2 is 2.02 bits per heavy atom. The fraction of sp³-hybridized carbons (Fsp3) is 0.393. The Morgan fingerprint density at radius 1 is 1.20 bits per heavy atom. The predicted octanol–water partition coefficient (Wildman–Crippen LogP) is 3.78. The second-order valence-corrected chi connectivity index (χ2v) is 12.2. The van der Waals surface area contributed by atoms with Crippen molar-refractivity contribution in [3.8, 4) is 17.0 Å². The lowest BCUT2D eigenvalue weighted by molar-refractivity contribution is 0.0981. The molecular weight excluding hydrogens is 537 g/mol. The van der Waals surface area contributed by atoms with Crippen LogP contribution in [0.25, 0.3) is 11.3 Å². The van der Waals surface area contributed by atoms with Crippen molar-refractivity contribution in [2.24, 2.45) is 5.92 Å². The highest BCUT2D eigenvalue weighted by atomic mass is 32.2. The van der Waals surface area contributed by atoms with Gasteiger partial charge in [-0.1, -0.05) is 19.9 Å². The van der Waals surface area contributed by atoms with Crippen molar-refractivity contribution in [2.75, 3.05) is 37.0 Å². The van der Waals surface area contributed by atoms with E-state index in [0.29, 0.717) is 49.2 Å². The van der Waals surface area contributed by atoms with Crippen LogP contribution in [0.3, 0.4) is 0 Å². The zero-order valence-corrected chi connectivity index (χ0v) is 23.2. The molecule has 40 heavy (non-hydrogen) atoms. The van der Waals surface area contributed by atoms with Gasteiger partial charge in [0.2, 0.25) is 0 Å². The van der Waals surface area contributed by atoms with Crippen LogP contribution in [0.5, 0.6) is 5.75 Å². The van der Waals surface area contributed by atoms with Gasteiger partial charge in [0, 0.05) is 24.8 Å². The summed E-state index contributed by atoms with van der Waals surface area (Å²) in [6, 6.07) is 11.6. The Kier molecular flexibility index (Phi) is 7.65. The van der Waals surface area contributed by atoms with Gasteiger partial charge < -0.3 is 20.1 Å². The molecule has 1 aromatic carbocycles. The van der Waals surface area contributed by atoms with Gasteiger partial charge in [0.15, 0.2) is 5.03 Å². The van der Waals surface area contributed by atoms with Gasteiger partial charge in [-0.25, -0.2) is 19.1 Å². The molecule has 2 saturated heterocycles. The predicted molar refractivity (Wildman–Crippen MR) is 148 cm³/mol. The lowest BCUT2D eigenvalue weighted by Crippen LogP contribution is -2.46. The molecule has 212 valence electrons. The van der Waals surface area contributed by atoms with Crippen LogP contribution >= 0.6 is 0 Å². The third kappa shape index (κ3) is 5.73. The summed E-state index contributed by atoms with van der Waals surface area (Å²) in [7, 11) is -4.31. The number of nitrogens with one attached hydrogen (secondary N) is 1. The number of nitrogens with zero attached hydrogens (tertiary/aromatic N) is 3. The number of anilines is 2. The summed E-state index contributed by atoms with van der Waals surface area (Å²) in [4.78, 5) is 24.2. The molecule has 0 radical (unpaired) electrons. The van der Waals surface area contributed by atoms with E-state index in [-0.39, 0.29) is 27.9 Å². The Hall–Kier alpha value is -3.77. The lowest BCUT2D eigenvalue weighted by Gasteiger charge is -2.35. The molecule has 1 unspecified atom stereocenters. The molecule has 1 atom stereocenters. The minimum Gasteiger partial charge on any atom is -0.493 e. The van der Waals surface area contributed by atoms with Gasteiger partial charge in [-0.15, -0.1) is 0 Å². The molecule has 1 spiro atoms. The smallest absolute Gasteiger partial charge is 0.281 e. The summed E-state index contributed by atoms with van der Waals surface area (Å²) in [6.07, 6.45) is 2.45. The molecule has 2 aliphatic rings. The first kappa shape index (κ1) is 27.8. The van der Waals surface area contributed by atoms with Crippen molar-refractivity contribution in [3.63, 3.8) is 0 Å². The Labute approximate surface area is 232 Å². The summed E-state index contributed by atoms with van der Waals surface area (Å²) in [5, 5.41) is -0.373. The first-order chi connectivity index (χ1) is 19.1. The number of rotatable bonds is 8. The first-order valence-corrected chi connectivity index (χ1v) is 14.6. The quantitative estimate of drug-likeness (QED) is 0.415. The Balaban J connectivity index is 1.55. The highest BCUT2D eigenvalue weighted by molar-refractivity contribution is 7.90. The van der Waals surface area contributed by atoms with Crippen LogP contribution in [-0.4, -0.2) is 56.2 Å². The van der Waals surface area contributed by atoms with Crippen LogP contribution in [0, 0.1) is 11.7 Å². The highest BCUT2D eigenvalue weighted by Gasteiger charge is 2.46. The SMILES string of the molecule is CC(C)COc1cc(F)cc(-c2ccc(C(=O)NS(=O)(=O)c3cccc(N)n3)c(N3CCCC34CCOC4)n2)c1. The van der Waals surface area contributed by atoms with Gasteiger partial charge in [0.05, 0.1) is 30.0 Å². The van der Waals surface area contributed by atoms with E-state index < -0.39 is 21.7 Å². The summed E-state index contributed by atoms with van der Waals surface area (Å²) in [6.45, 7) is 6.08. The van der Waals surface area contributed by atoms with Crippen molar-refractivity contribution in [1.29, 1.82) is 0 Å². The topological polar surface area (TPSA) is 137 Å². The van der Waals surface area contributed by atoms with Crippen LogP contribution in [0.2, 0.25) is 0 Å². The van der Waals surface area contributed by atoms with Crippen LogP contribution in [0.1, 0.15) is 43.5 Å². The number of nitrogen functional groups attached to an aromatic ring is 1. The van der Waals surface area contributed by atoms with Gasteiger partial charge in [-0.05, 0) is 61.6 Å². The molecule has 3 aromatic rings. The number of hydrogen-bond donors (Lipinski definition) is 2. The minimum atomic E-state index is -4.31. The van der Waals surface area contributed by atoms with E-state index in [1.807, 2.05) is 18.7 Å². The van der Waals surface area contributed by atoms with Crippen LogP contribution in [-0.2, 0) is 14.8 Å². The maximum absolute atomic E-state index is 14.6. The highest BCUT2D eigenvalue weighted by Crippen LogP contribution is 2.41. The van der Waals surface area contributed by atoms with Crippen molar-refractivity contribution < 1.29 is 27.1 Å². The molecule has 1 amide bonds. The number of halogens is 1. The summed E-state index contributed by atoms with van der Waals surface area (Å²) in [5.41, 5.74) is 6.24. The van der Waals surface area contributed by atoms with Crippen molar-refractivity contribution in [1.82, 2.24) is 14.7 Å². The number of carbonyl (C=O) groups is 1. The molecule has 0 aliphatic carbocycles. The number of aromatic nitrogens is 2. The number of benzene rings is 1. The normalized spacial score (nSPS) is 18.9. The third-order valence-corrected chi connectivity index (χ3v) is 8.28. The van der Waals surface area contributed by atoms with Gasteiger partial charge in [0.25, 0.3) is 15.9 Å². The van der Waals surface area contributed by atoms with E-state index in [4.69, 9.17) is 20.2 Å². The number of nitrogens with two attached hydrogens (primary N) is 1. The second kappa shape index (κ2) is 11.0. The lowest BCUT2D eigenvalue weighted by atomic mass is 9.95. The van der Waals surface area contributed by atoms with E-state index in [0.717, 1.165) is 19.3 Å². The van der Waals surface area contributed by atoms with Crippen LogP contribution in [0.4, 0.5) is 16.0 Å². The van der Waals surface area contributed by atoms with E-state index >= 15 is 0 Å². The van der Waals surface area contributed by atoms with Gasteiger partial charge in [-0.3, -0.25) is 4.79 Å². The molecule has 5 rings (SSSR count). The molecular formula is C28H32FN5O5S. The van der Waals surface area contributed by atoms with Gasteiger partial charge in [-0.2, -0.15) is 8.42 Å². The second-order valence-electron chi connectivity index (χ2n) is 10.6. The van der Waals surface area contributed by atoms with Crippen molar-refractivity contribution in [2.45, 2.75) is 43.7 Å². The standard InChI is InChI=1S/C28H32FN5O5S/c1-18(2)16-39-21-14-19(13-20(29)15-21)23-8-7-22(26(31-23)34-11-4-9-28(34)10-12-38-17-28)27(35)33-40(36,37)25-6-3-5-24(30)32-25/h3,5-8,13-15,18H,4,9-12,16-17H2,1-2H3,(H2,30,32)(H,33,35). The maximum Gasteiger partial charge on any atom is 0.281 e. The van der Waals surface area contributed by atoms with Crippen LogP contribution in [0.15, 0.2) is 53.6 Å². The molecule has 12 heteroatoms. The Morgan fingerprint density at radius 3 is 2.75 bits per heavy atom. The van der Waals surface area contributed by atoms with Crippen molar-refractivity contribution >= 4 is 27.6 Å². The van der Waals surface area contributed by atoms with E-state index in [9.17, 15) is 17.6 Å². The average Bonchev–Trinajstić information content (AvgIpc) is 3.56.